The van der Waals surface area contributed by atoms with E-state index in [4.69, 9.17) is 9.47 Å². The van der Waals surface area contributed by atoms with E-state index in [0.29, 0.717) is 11.5 Å². The molecule has 1 N–H and O–H groups in total. The van der Waals surface area contributed by atoms with Gasteiger partial charge < -0.3 is 14.8 Å². The summed E-state index contributed by atoms with van der Waals surface area (Å²) in [6.07, 6.45) is 12.1. The van der Waals surface area contributed by atoms with Crippen LogP contribution in [0.3, 0.4) is 0 Å². The quantitative estimate of drug-likeness (QED) is 0.450. The summed E-state index contributed by atoms with van der Waals surface area (Å²) in [4.78, 5) is 11.8. The van der Waals surface area contributed by atoms with E-state index in [1.165, 1.54) is 38.5 Å². The SMILES string of the molecule is CCCCCCCCCNC(=O)/C=C\c1ccc(OC)c(OC)c1. The minimum Gasteiger partial charge on any atom is -0.493 e. The van der Waals surface area contributed by atoms with E-state index in [2.05, 4.69) is 12.2 Å². The van der Waals surface area contributed by atoms with Crippen LogP contribution >= 0.6 is 0 Å². The summed E-state index contributed by atoms with van der Waals surface area (Å²) in [5.41, 5.74) is 0.902. The van der Waals surface area contributed by atoms with Crippen molar-refractivity contribution in [3.8, 4) is 11.5 Å². The Morgan fingerprint density at radius 2 is 1.67 bits per heavy atom. The minimum absolute atomic E-state index is 0.0595. The van der Waals surface area contributed by atoms with Gasteiger partial charge in [0.15, 0.2) is 11.5 Å². The molecule has 4 heteroatoms. The van der Waals surface area contributed by atoms with Gasteiger partial charge in [0.1, 0.15) is 0 Å². The van der Waals surface area contributed by atoms with Gasteiger partial charge in [-0.1, -0.05) is 51.5 Å². The number of unbranched alkanes of at least 4 members (excludes halogenated alkanes) is 6. The molecule has 0 radical (unpaired) electrons. The van der Waals surface area contributed by atoms with Crippen LogP contribution in [0.25, 0.3) is 6.08 Å². The first kappa shape index (κ1) is 20.1. The molecule has 0 unspecified atom stereocenters. The van der Waals surface area contributed by atoms with Crippen LogP contribution in [0.4, 0.5) is 0 Å². The zero-order chi connectivity index (χ0) is 17.6. The van der Waals surface area contributed by atoms with Crippen LogP contribution in [-0.2, 0) is 4.79 Å². The molecule has 1 aromatic rings. The lowest BCUT2D eigenvalue weighted by Gasteiger charge is -2.07. The van der Waals surface area contributed by atoms with Crippen molar-refractivity contribution in [2.24, 2.45) is 0 Å². The van der Waals surface area contributed by atoms with E-state index in [-0.39, 0.29) is 5.91 Å². The number of carbonyl (C=O) groups is 1. The number of amides is 1. The van der Waals surface area contributed by atoms with E-state index >= 15 is 0 Å². The van der Waals surface area contributed by atoms with Gasteiger partial charge in [-0.2, -0.15) is 0 Å². The molecule has 0 aliphatic heterocycles. The van der Waals surface area contributed by atoms with Gasteiger partial charge in [-0.3, -0.25) is 4.79 Å². The third kappa shape index (κ3) is 8.04. The van der Waals surface area contributed by atoms with E-state index < -0.39 is 0 Å². The van der Waals surface area contributed by atoms with Crippen molar-refractivity contribution in [1.82, 2.24) is 5.32 Å². The average molecular weight is 333 g/mol. The standard InChI is InChI=1S/C20H31NO3/c1-4-5-6-7-8-9-10-15-21-20(22)14-12-17-11-13-18(23-2)19(16-17)24-3/h11-14,16H,4-10,15H2,1-3H3,(H,21,22)/b14-12-. The Hall–Kier alpha value is -1.97. The Balaban J connectivity index is 2.26. The highest BCUT2D eigenvalue weighted by Gasteiger charge is 2.03. The van der Waals surface area contributed by atoms with Crippen LogP contribution in [-0.4, -0.2) is 26.7 Å². The van der Waals surface area contributed by atoms with Crippen LogP contribution in [0.15, 0.2) is 24.3 Å². The summed E-state index contributed by atoms with van der Waals surface area (Å²) < 4.78 is 10.4. The van der Waals surface area contributed by atoms with E-state index in [1.807, 2.05) is 18.2 Å². The molecule has 0 aliphatic rings. The molecule has 4 nitrogen and oxygen atoms in total. The maximum Gasteiger partial charge on any atom is 0.243 e. The molecular formula is C20H31NO3. The van der Waals surface area contributed by atoms with Gasteiger partial charge in [0.2, 0.25) is 5.91 Å². The van der Waals surface area contributed by atoms with Crippen LogP contribution in [0.5, 0.6) is 11.5 Å². The highest BCUT2D eigenvalue weighted by molar-refractivity contribution is 5.91. The van der Waals surface area contributed by atoms with Crippen LogP contribution < -0.4 is 14.8 Å². The van der Waals surface area contributed by atoms with Gasteiger partial charge in [0.05, 0.1) is 14.2 Å². The van der Waals surface area contributed by atoms with Crippen LogP contribution in [0, 0.1) is 0 Å². The lowest BCUT2D eigenvalue weighted by atomic mass is 10.1. The minimum atomic E-state index is -0.0595. The van der Waals surface area contributed by atoms with E-state index in [1.54, 1.807) is 26.4 Å². The Morgan fingerprint density at radius 3 is 2.33 bits per heavy atom. The molecule has 24 heavy (non-hydrogen) atoms. The molecule has 0 heterocycles. The fourth-order valence-electron chi connectivity index (χ4n) is 2.48. The molecule has 0 bridgehead atoms. The third-order valence-corrected chi connectivity index (χ3v) is 3.91. The number of benzene rings is 1. The number of carbonyl (C=O) groups excluding carboxylic acids is 1. The Bertz CT molecular complexity index is 512. The highest BCUT2D eigenvalue weighted by Crippen LogP contribution is 2.27. The van der Waals surface area contributed by atoms with Gasteiger partial charge in [-0.05, 0) is 30.2 Å². The lowest BCUT2D eigenvalue weighted by molar-refractivity contribution is -0.116. The monoisotopic (exact) mass is 333 g/mol. The first-order valence-corrected chi connectivity index (χ1v) is 8.89. The molecular weight excluding hydrogens is 302 g/mol. The first-order valence-electron chi connectivity index (χ1n) is 8.89. The van der Waals surface area contributed by atoms with Gasteiger partial charge in [-0.25, -0.2) is 0 Å². The number of rotatable bonds is 12. The maximum absolute atomic E-state index is 11.8. The van der Waals surface area contributed by atoms with Crippen molar-refractivity contribution in [2.75, 3.05) is 20.8 Å². The molecule has 0 atom stereocenters. The summed E-state index contributed by atoms with van der Waals surface area (Å²) in [5, 5.41) is 2.92. The molecule has 0 aliphatic carbocycles. The van der Waals surface area contributed by atoms with Crippen molar-refractivity contribution < 1.29 is 14.3 Å². The second-order valence-corrected chi connectivity index (χ2v) is 5.86. The summed E-state index contributed by atoms with van der Waals surface area (Å²) in [7, 11) is 3.20. The van der Waals surface area contributed by atoms with Crippen molar-refractivity contribution in [1.29, 1.82) is 0 Å². The first-order chi connectivity index (χ1) is 11.7. The molecule has 134 valence electrons. The molecule has 0 spiro atoms. The fourth-order valence-corrected chi connectivity index (χ4v) is 2.48. The van der Waals surface area contributed by atoms with Gasteiger partial charge in [-0.15, -0.1) is 0 Å². The van der Waals surface area contributed by atoms with Gasteiger partial charge in [0.25, 0.3) is 0 Å². The van der Waals surface area contributed by atoms with Gasteiger partial charge >= 0.3 is 0 Å². The zero-order valence-corrected chi connectivity index (χ0v) is 15.3. The fraction of sp³-hybridized carbons (Fsp3) is 0.550. The summed E-state index contributed by atoms with van der Waals surface area (Å²) in [6, 6.07) is 5.56. The predicted molar refractivity (Wildman–Crippen MR) is 99.6 cm³/mol. The number of hydrogen-bond acceptors (Lipinski definition) is 3. The molecule has 1 aromatic carbocycles. The highest BCUT2D eigenvalue weighted by atomic mass is 16.5. The third-order valence-electron chi connectivity index (χ3n) is 3.91. The number of methoxy groups -OCH3 is 2. The van der Waals surface area contributed by atoms with Crippen molar-refractivity contribution in [2.45, 2.75) is 51.9 Å². The van der Waals surface area contributed by atoms with Crippen molar-refractivity contribution in [3.05, 3.63) is 29.8 Å². The van der Waals surface area contributed by atoms with E-state index in [9.17, 15) is 4.79 Å². The summed E-state index contributed by atoms with van der Waals surface area (Å²) in [6.45, 7) is 2.97. The normalized spacial score (nSPS) is 10.8. The molecule has 1 rings (SSSR count). The average Bonchev–Trinajstić information content (AvgIpc) is 2.61. The van der Waals surface area contributed by atoms with Crippen LogP contribution in [0.1, 0.15) is 57.4 Å². The molecule has 0 aromatic heterocycles. The second-order valence-electron chi connectivity index (χ2n) is 5.86. The summed E-state index contributed by atoms with van der Waals surface area (Å²) >= 11 is 0. The molecule has 1 amide bonds. The van der Waals surface area contributed by atoms with Gasteiger partial charge in [0, 0.05) is 12.6 Å². The predicted octanol–water partition coefficient (Wildman–Crippen LogP) is 4.58. The van der Waals surface area contributed by atoms with E-state index in [0.717, 1.165) is 18.5 Å². The molecule has 0 fully saturated rings. The summed E-state index contributed by atoms with van der Waals surface area (Å²) in [5.74, 6) is 1.27. The Labute approximate surface area is 146 Å². The van der Waals surface area contributed by atoms with Crippen molar-refractivity contribution >= 4 is 12.0 Å². The molecule has 0 saturated heterocycles. The number of ether oxygens (including phenoxy) is 2. The topological polar surface area (TPSA) is 47.6 Å². The maximum atomic E-state index is 11.8. The zero-order valence-electron chi connectivity index (χ0n) is 15.3. The largest absolute Gasteiger partial charge is 0.493 e. The molecule has 0 saturated carbocycles. The number of hydrogen-bond donors (Lipinski definition) is 1. The Kier molecular flexibility index (Phi) is 10.4. The lowest BCUT2D eigenvalue weighted by Crippen LogP contribution is -2.21. The smallest absolute Gasteiger partial charge is 0.243 e. The van der Waals surface area contributed by atoms with Crippen LogP contribution in [0.2, 0.25) is 0 Å². The van der Waals surface area contributed by atoms with Crippen molar-refractivity contribution in [3.63, 3.8) is 0 Å². The Morgan fingerprint density at radius 1 is 1.00 bits per heavy atom. The second kappa shape index (κ2) is 12.5. The number of nitrogens with one attached hydrogen (secondary N) is 1.